The fraction of sp³-hybridized carbons (Fsp3) is 0.417. The van der Waals surface area contributed by atoms with Gasteiger partial charge in [0.25, 0.3) is 0 Å². The van der Waals surface area contributed by atoms with Gasteiger partial charge in [0.15, 0.2) is 0 Å². The molecular weight excluding hydrogens is 305 g/mol. The zero-order valence-electron chi connectivity index (χ0n) is 9.96. The van der Waals surface area contributed by atoms with Gasteiger partial charge >= 0.3 is 0 Å². The third kappa shape index (κ3) is 3.89. The van der Waals surface area contributed by atoms with Crippen molar-refractivity contribution in [3.63, 3.8) is 0 Å². The summed E-state index contributed by atoms with van der Waals surface area (Å²) < 4.78 is 5.90. The first kappa shape index (κ1) is 14.3. The number of ether oxygens (including phenoxy) is 1. The van der Waals surface area contributed by atoms with E-state index in [1.165, 1.54) is 0 Å². The maximum atomic E-state index is 11.8. The number of nitrogens with one attached hydrogen (secondary N) is 1. The zero-order chi connectivity index (χ0) is 13.0. The second-order valence-electron chi connectivity index (χ2n) is 3.91. The Hall–Kier alpha value is -0.740. The highest BCUT2D eigenvalue weighted by atomic mass is 79.9. The second kappa shape index (κ2) is 6.26. The van der Waals surface area contributed by atoms with Crippen LogP contribution in [-0.4, -0.2) is 19.1 Å². The van der Waals surface area contributed by atoms with Gasteiger partial charge in [-0.2, -0.15) is 0 Å². The Bertz CT molecular complexity index is 409. The number of methoxy groups -OCH3 is 1. The van der Waals surface area contributed by atoms with E-state index in [0.717, 1.165) is 4.47 Å². The molecule has 1 atom stereocenters. The summed E-state index contributed by atoms with van der Waals surface area (Å²) >= 11 is 9.51. The van der Waals surface area contributed by atoms with Gasteiger partial charge in [-0.05, 0) is 37.6 Å². The molecule has 0 aromatic heterocycles. The summed E-state index contributed by atoms with van der Waals surface area (Å²) in [6.45, 7) is 3.78. The van der Waals surface area contributed by atoms with E-state index in [4.69, 9.17) is 16.3 Å². The van der Waals surface area contributed by atoms with Gasteiger partial charge < -0.3 is 10.1 Å². The number of amides is 1. The van der Waals surface area contributed by atoms with Gasteiger partial charge in [-0.3, -0.25) is 4.79 Å². The fourth-order valence-electron chi connectivity index (χ4n) is 1.34. The van der Waals surface area contributed by atoms with Crippen molar-refractivity contribution in [1.29, 1.82) is 0 Å². The topological polar surface area (TPSA) is 38.3 Å². The van der Waals surface area contributed by atoms with Crippen molar-refractivity contribution in [2.24, 2.45) is 0 Å². The monoisotopic (exact) mass is 319 g/mol. The SMILES string of the molecule is COc1ccc(Br)c(C(Cl)C(=O)NC(C)C)c1. The number of rotatable bonds is 4. The Morgan fingerprint density at radius 1 is 1.47 bits per heavy atom. The van der Waals surface area contributed by atoms with Crippen LogP contribution in [0.2, 0.25) is 0 Å². The zero-order valence-corrected chi connectivity index (χ0v) is 12.3. The first-order valence-corrected chi connectivity index (χ1v) is 6.46. The molecule has 1 aromatic rings. The molecule has 0 spiro atoms. The van der Waals surface area contributed by atoms with Gasteiger partial charge in [0, 0.05) is 10.5 Å². The molecule has 0 heterocycles. The summed E-state index contributed by atoms with van der Waals surface area (Å²) in [5, 5.41) is 2.04. The van der Waals surface area contributed by atoms with Crippen LogP contribution in [0.5, 0.6) is 5.75 Å². The molecule has 0 aliphatic carbocycles. The van der Waals surface area contributed by atoms with Crippen molar-refractivity contribution in [3.05, 3.63) is 28.2 Å². The van der Waals surface area contributed by atoms with E-state index in [0.29, 0.717) is 11.3 Å². The van der Waals surface area contributed by atoms with E-state index in [9.17, 15) is 4.79 Å². The average molecular weight is 321 g/mol. The maximum Gasteiger partial charge on any atom is 0.242 e. The lowest BCUT2D eigenvalue weighted by atomic mass is 10.1. The molecule has 1 N–H and O–H groups in total. The molecule has 3 nitrogen and oxygen atoms in total. The molecule has 0 saturated heterocycles. The van der Waals surface area contributed by atoms with Crippen molar-refractivity contribution < 1.29 is 9.53 Å². The molecule has 1 unspecified atom stereocenters. The Balaban J connectivity index is 2.94. The highest BCUT2D eigenvalue weighted by Gasteiger charge is 2.21. The first-order valence-electron chi connectivity index (χ1n) is 5.23. The van der Waals surface area contributed by atoms with Crippen LogP contribution in [0.25, 0.3) is 0 Å². The Morgan fingerprint density at radius 3 is 2.65 bits per heavy atom. The molecule has 0 bridgehead atoms. The standard InChI is InChI=1S/C12H15BrClNO2/c1-7(2)15-12(16)11(14)9-6-8(17-3)4-5-10(9)13/h4-7,11H,1-3H3,(H,15,16). The van der Waals surface area contributed by atoms with Gasteiger partial charge in [0.05, 0.1) is 7.11 Å². The van der Waals surface area contributed by atoms with E-state index < -0.39 is 5.38 Å². The van der Waals surface area contributed by atoms with Crippen LogP contribution in [0.1, 0.15) is 24.8 Å². The molecule has 17 heavy (non-hydrogen) atoms. The largest absolute Gasteiger partial charge is 0.497 e. The summed E-state index contributed by atoms with van der Waals surface area (Å²) in [4.78, 5) is 11.8. The molecule has 0 radical (unpaired) electrons. The van der Waals surface area contributed by atoms with Crippen LogP contribution in [0.4, 0.5) is 0 Å². The third-order valence-electron chi connectivity index (χ3n) is 2.14. The molecule has 1 rings (SSSR count). The molecule has 94 valence electrons. The Kier molecular flexibility index (Phi) is 5.28. The molecule has 1 amide bonds. The van der Waals surface area contributed by atoms with Gasteiger partial charge in [0.1, 0.15) is 11.1 Å². The smallest absolute Gasteiger partial charge is 0.242 e. The van der Waals surface area contributed by atoms with E-state index in [2.05, 4.69) is 21.2 Å². The molecule has 1 aromatic carbocycles. The molecule has 0 saturated carbocycles. The van der Waals surface area contributed by atoms with Crippen LogP contribution in [0, 0.1) is 0 Å². The fourth-order valence-corrected chi connectivity index (χ4v) is 2.19. The lowest BCUT2D eigenvalue weighted by Gasteiger charge is -2.15. The lowest BCUT2D eigenvalue weighted by Crippen LogP contribution is -2.32. The van der Waals surface area contributed by atoms with Crippen molar-refractivity contribution in [1.82, 2.24) is 5.32 Å². The van der Waals surface area contributed by atoms with Crippen LogP contribution < -0.4 is 10.1 Å². The van der Waals surface area contributed by atoms with Crippen LogP contribution in [0.3, 0.4) is 0 Å². The second-order valence-corrected chi connectivity index (χ2v) is 5.20. The number of alkyl halides is 1. The van der Waals surface area contributed by atoms with Crippen LogP contribution in [-0.2, 0) is 4.79 Å². The van der Waals surface area contributed by atoms with Gasteiger partial charge in [0.2, 0.25) is 5.91 Å². The molecule has 0 fully saturated rings. The maximum absolute atomic E-state index is 11.8. The van der Waals surface area contributed by atoms with Gasteiger partial charge in [-0.25, -0.2) is 0 Å². The van der Waals surface area contributed by atoms with Gasteiger partial charge in [-0.15, -0.1) is 11.6 Å². The predicted molar refractivity (Wildman–Crippen MR) is 72.6 cm³/mol. The molecule has 5 heteroatoms. The summed E-state index contributed by atoms with van der Waals surface area (Å²) in [6, 6.07) is 5.43. The molecule has 0 aliphatic heterocycles. The van der Waals surface area contributed by atoms with E-state index in [-0.39, 0.29) is 11.9 Å². The molecular formula is C12H15BrClNO2. The summed E-state index contributed by atoms with van der Waals surface area (Å²) in [5.41, 5.74) is 0.698. The van der Waals surface area contributed by atoms with Crippen molar-refractivity contribution in [3.8, 4) is 5.75 Å². The van der Waals surface area contributed by atoms with Crippen molar-refractivity contribution in [2.45, 2.75) is 25.3 Å². The number of carbonyl (C=O) groups excluding carboxylic acids is 1. The minimum atomic E-state index is -0.734. The predicted octanol–water partition coefficient (Wildman–Crippen LogP) is 3.26. The summed E-state index contributed by atoms with van der Waals surface area (Å²) in [7, 11) is 1.57. The lowest BCUT2D eigenvalue weighted by molar-refractivity contribution is -0.121. The number of halogens is 2. The highest BCUT2D eigenvalue weighted by molar-refractivity contribution is 9.10. The Labute approximate surface area is 115 Å². The first-order chi connectivity index (χ1) is 7.95. The minimum absolute atomic E-state index is 0.0631. The number of hydrogen-bond donors (Lipinski definition) is 1. The van der Waals surface area contributed by atoms with Gasteiger partial charge in [-0.1, -0.05) is 15.9 Å². The van der Waals surface area contributed by atoms with Crippen molar-refractivity contribution >= 4 is 33.4 Å². The number of hydrogen-bond acceptors (Lipinski definition) is 2. The van der Waals surface area contributed by atoms with E-state index in [1.54, 1.807) is 19.2 Å². The number of carbonyl (C=O) groups is 1. The van der Waals surface area contributed by atoms with E-state index in [1.807, 2.05) is 19.9 Å². The van der Waals surface area contributed by atoms with Crippen molar-refractivity contribution in [2.75, 3.05) is 7.11 Å². The third-order valence-corrected chi connectivity index (χ3v) is 3.29. The van der Waals surface area contributed by atoms with Crippen LogP contribution >= 0.6 is 27.5 Å². The minimum Gasteiger partial charge on any atom is -0.497 e. The number of benzene rings is 1. The molecule has 0 aliphatic rings. The highest BCUT2D eigenvalue weighted by Crippen LogP contribution is 2.31. The Morgan fingerprint density at radius 2 is 2.12 bits per heavy atom. The summed E-state index contributed by atoms with van der Waals surface area (Å²) in [6.07, 6.45) is 0. The normalized spacial score (nSPS) is 12.4. The summed E-state index contributed by atoms with van der Waals surface area (Å²) in [5.74, 6) is 0.460. The van der Waals surface area contributed by atoms with Crippen LogP contribution in [0.15, 0.2) is 22.7 Å². The quantitative estimate of drug-likeness (QED) is 0.865. The van der Waals surface area contributed by atoms with E-state index >= 15 is 0 Å². The average Bonchev–Trinajstić information content (AvgIpc) is 2.28.